The number of hydrogen-bond donors (Lipinski definition) is 1. The number of hydrogen-bond acceptors (Lipinski definition) is 2. The van der Waals surface area contributed by atoms with Crippen molar-refractivity contribution in [3.8, 4) is 0 Å². The molecule has 4 heteroatoms. The number of benzene rings is 1. The first kappa shape index (κ1) is 15.3. The largest absolute Gasteiger partial charge is 0.506 e. The minimum absolute atomic E-state index is 0.0812. The van der Waals surface area contributed by atoms with Crippen LogP contribution in [0.5, 0.6) is 0 Å². The molecule has 1 heterocycles. The molecule has 0 fully saturated rings. The van der Waals surface area contributed by atoms with Crippen molar-refractivity contribution in [2.45, 2.75) is 33.1 Å². The van der Waals surface area contributed by atoms with Crippen LogP contribution in [0, 0.1) is 0 Å². The van der Waals surface area contributed by atoms with Gasteiger partial charge in [-0.3, -0.25) is 0 Å². The van der Waals surface area contributed by atoms with Crippen LogP contribution in [0.25, 0.3) is 4.91 Å². The van der Waals surface area contributed by atoms with Crippen molar-refractivity contribution < 1.29 is 9.90 Å². The quantitative estimate of drug-likeness (QED) is 0.706. The highest BCUT2D eigenvalue weighted by atomic mass is 79.9. The topological polar surface area (TPSA) is 37.3 Å². The average molecular weight is 353 g/mol. The van der Waals surface area contributed by atoms with Crippen molar-refractivity contribution in [3.05, 3.63) is 50.5 Å². The van der Waals surface area contributed by atoms with Gasteiger partial charge < -0.3 is 5.11 Å². The highest BCUT2D eigenvalue weighted by Crippen LogP contribution is 2.52. The van der Waals surface area contributed by atoms with E-state index in [0.717, 1.165) is 9.38 Å². The fraction of sp³-hybridized carbons (Fsp3) is 0.312. The summed E-state index contributed by atoms with van der Waals surface area (Å²) in [5, 5.41) is 12.3. The lowest BCUT2D eigenvalue weighted by Crippen LogP contribution is -2.10. The fourth-order valence-corrected chi connectivity index (χ4v) is 4.39. The molecule has 1 unspecified atom stereocenters. The Balaban J connectivity index is 2.51. The Labute approximate surface area is 130 Å². The highest BCUT2D eigenvalue weighted by molar-refractivity contribution is 9.14. The first-order valence-electron chi connectivity index (χ1n) is 6.30. The standard InChI is InChI=1S/C16H17BrO2S/c1-10-13(19)14(20(9-18)15(10)17)11-5-7-12(8-6-11)16(2,3)4/h5-8,19H,1-4H3. The van der Waals surface area contributed by atoms with Gasteiger partial charge in [0.25, 0.3) is 0 Å². The zero-order valence-electron chi connectivity index (χ0n) is 12.0. The first-order valence-corrected chi connectivity index (χ1v) is 8.32. The van der Waals surface area contributed by atoms with E-state index in [9.17, 15) is 9.90 Å². The van der Waals surface area contributed by atoms with E-state index in [4.69, 9.17) is 0 Å². The molecule has 1 N–H and O–H groups in total. The summed E-state index contributed by atoms with van der Waals surface area (Å²) in [7, 11) is -0.835. The minimum Gasteiger partial charge on any atom is -0.506 e. The molecule has 0 amide bonds. The van der Waals surface area contributed by atoms with Gasteiger partial charge in [0.15, 0.2) is 5.23 Å². The molecule has 106 valence electrons. The lowest BCUT2D eigenvalue weighted by atomic mass is 9.86. The Morgan fingerprint density at radius 3 is 2.20 bits per heavy atom. The molecule has 1 aliphatic rings. The van der Waals surface area contributed by atoms with Crippen LogP contribution in [0.15, 0.2) is 39.4 Å². The van der Waals surface area contributed by atoms with Crippen molar-refractivity contribution in [2.24, 2.45) is 0 Å². The predicted octanol–water partition coefficient (Wildman–Crippen LogP) is 5.19. The second-order valence-corrected chi connectivity index (χ2v) is 8.71. The third kappa shape index (κ3) is 2.56. The van der Waals surface area contributed by atoms with Gasteiger partial charge in [-0.1, -0.05) is 45.0 Å². The summed E-state index contributed by atoms with van der Waals surface area (Å²) in [6.07, 6.45) is 0. The molecule has 2 nitrogen and oxygen atoms in total. The van der Waals surface area contributed by atoms with Gasteiger partial charge in [0.05, 0.1) is 8.72 Å². The molecule has 1 aromatic carbocycles. The number of aliphatic hydroxyl groups excluding tert-OH is 1. The fourth-order valence-electron chi connectivity index (χ4n) is 2.06. The van der Waals surface area contributed by atoms with E-state index in [1.807, 2.05) is 29.5 Å². The summed E-state index contributed by atoms with van der Waals surface area (Å²) in [4.78, 5) is 11.9. The van der Waals surface area contributed by atoms with Crippen LogP contribution in [0.1, 0.15) is 38.8 Å². The summed E-state index contributed by atoms with van der Waals surface area (Å²) >= 11 is 3.38. The van der Waals surface area contributed by atoms with E-state index in [0.29, 0.717) is 10.5 Å². The van der Waals surface area contributed by atoms with Crippen LogP contribution in [-0.2, 0) is 10.2 Å². The Hall–Kier alpha value is -1.09. The Bertz CT molecular complexity index is 669. The molecular weight excluding hydrogens is 336 g/mol. The van der Waals surface area contributed by atoms with Crippen molar-refractivity contribution in [1.82, 2.24) is 0 Å². The summed E-state index contributed by atoms with van der Waals surface area (Å²) in [5.74, 6) is 0.187. The van der Waals surface area contributed by atoms with Crippen LogP contribution in [0.3, 0.4) is 0 Å². The molecule has 0 radical (unpaired) electrons. The molecule has 0 aromatic heterocycles. The smallest absolute Gasteiger partial charge is 0.165 e. The van der Waals surface area contributed by atoms with Gasteiger partial charge in [-0.2, -0.15) is 0 Å². The van der Waals surface area contributed by atoms with Crippen LogP contribution < -0.4 is 0 Å². The number of carbonyl (C=O) groups excluding carboxylic acids is 1. The first-order chi connectivity index (χ1) is 9.27. The predicted molar refractivity (Wildman–Crippen MR) is 89.6 cm³/mol. The molecule has 0 aliphatic carbocycles. The summed E-state index contributed by atoms with van der Waals surface area (Å²) in [6.45, 7) is 8.26. The van der Waals surface area contributed by atoms with Crippen LogP contribution >= 0.6 is 26.4 Å². The van der Waals surface area contributed by atoms with Crippen LogP contribution in [-0.4, -0.2) is 10.3 Å². The summed E-state index contributed by atoms with van der Waals surface area (Å²) in [6, 6.07) is 8.01. The molecule has 20 heavy (non-hydrogen) atoms. The van der Waals surface area contributed by atoms with Gasteiger partial charge in [0, 0.05) is 5.57 Å². The van der Waals surface area contributed by atoms with Gasteiger partial charge in [-0.25, -0.2) is 4.79 Å². The summed E-state index contributed by atoms with van der Waals surface area (Å²) in [5.41, 5.74) is 2.89. The molecular formula is C16H17BrO2S. The van der Waals surface area contributed by atoms with Crippen molar-refractivity contribution in [3.63, 3.8) is 0 Å². The Kier molecular flexibility index (Phi) is 4.10. The number of allylic oxidation sites excluding steroid dienone is 1. The van der Waals surface area contributed by atoms with E-state index < -0.39 is 10.5 Å². The van der Waals surface area contributed by atoms with Crippen LogP contribution in [0.2, 0.25) is 0 Å². The lowest BCUT2D eigenvalue weighted by Gasteiger charge is -2.19. The monoisotopic (exact) mass is 352 g/mol. The van der Waals surface area contributed by atoms with Gasteiger partial charge in [0.1, 0.15) is 5.76 Å². The number of rotatable bonds is 1. The maximum absolute atomic E-state index is 11.2. The van der Waals surface area contributed by atoms with Crippen molar-refractivity contribution in [2.75, 3.05) is 0 Å². The van der Waals surface area contributed by atoms with Crippen molar-refractivity contribution in [1.29, 1.82) is 0 Å². The molecule has 1 aliphatic heterocycles. The Morgan fingerprint density at radius 2 is 1.75 bits per heavy atom. The average Bonchev–Trinajstić information content (AvgIpc) is 2.62. The van der Waals surface area contributed by atoms with E-state index in [1.165, 1.54) is 5.56 Å². The molecule has 1 aromatic rings. The van der Waals surface area contributed by atoms with E-state index in [1.54, 1.807) is 6.92 Å². The van der Waals surface area contributed by atoms with Gasteiger partial charge in [-0.05, 0) is 49.9 Å². The zero-order valence-corrected chi connectivity index (χ0v) is 14.4. The second kappa shape index (κ2) is 5.36. The maximum atomic E-state index is 11.2. The summed E-state index contributed by atoms with van der Waals surface area (Å²) < 4.78 is 0.722. The molecule has 0 saturated heterocycles. The minimum atomic E-state index is -0.835. The third-order valence-electron chi connectivity index (χ3n) is 3.34. The van der Waals surface area contributed by atoms with E-state index in [-0.39, 0.29) is 11.2 Å². The molecule has 0 saturated carbocycles. The van der Waals surface area contributed by atoms with Gasteiger partial charge in [-0.15, -0.1) is 0 Å². The van der Waals surface area contributed by atoms with Crippen LogP contribution in [0.4, 0.5) is 0 Å². The lowest BCUT2D eigenvalue weighted by molar-refractivity contribution is 0.429. The van der Waals surface area contributed by atoms with E-state index >= 15 is 0 Å². The molecule has 0 bridgehead atoms. The van der Waals surface area contributed by atoms with Gasteiger partial charge >= 0.3 is 0 Å². The van der Waals surface area contributed by atoms with Crippen molar-refractivity contribution >= 4 is 36.6 Å². The SMILES string of the molecule is CC1=C(Br)S(=C=O)C(c2ccc(C(C)(C)C)cc2)=C1O. The molecule has 2 rings (SSSR count). The number of halogens is 1. The highest BCUT2D eigenvalue weighted by Gasteiger charge is 2.27. The maximum Gasteiger partial charge on any atom is 0.165 e. The third-order valence-corrected chi connectivity index (χ3v) is 6.58. The molecule has 0 spiro atoms. The second-order valence-electron chi connectivity index (χ2n) is 5.79. The number of aliphatic hydroxyl groups is 1. The normalized spacial score (nSPS) is 19.6. The van der Waals surface area contributed by atoms with Gasteiger partial charge in [0.2, 0.25) is 0 Å². The van der Waals surface area contributed by atoms with E-state index in [2.05, 4.69) is 36.7 Å². The zero-order chi connectivity index (χ0) is 15.1. The molecule has 1 atom stereocenters. The Morgan fingerprint density at radius 1 is 1.20 bits per heavy atom.